The first kappa shape index (κ1) is 18.3. The maximum atomic E-state index is 12.2. The second-order valence-electron chi connectivity index (χ2n) is 5.88. The van der Waals surface area contributed by atoms with Crippen LogP contribution in [0.1, 0.15) is 33.4 Å². The summed E-state index contributed by atoms with van der Waals surface area (Å²) in [7, 11) is 0. The van der Waals surface area contributed by atoms with E-state index in [1.807, 2.05) is 17.5 Å². The largest absolute Gasteiger partial charge is 0.379 e. The van der Waals surface area contributed by atoms with Crippen LogP contribution in [0.2, 0.25) is 0 Å². The summed E-state index contributed by atoms with van der Waals surface area (Å²) in [6.45, 7) is 3.76. The van der Waals surface area contributed by atoms with Gasteiger partial charge in [0.1, 0.15) is 0 Å². The van der Waals surface area contributed by atoms with E-state index in [0.29, 0.717) is 6.54 Å². The lowest BCUT2D eigenvalue weighted by Gasteiger charge is -2.34. The SMILES string of the molecule is O=C(CCC(=O)c1cccs1)NC[C@@H](c1cccs1)N1CCOCC1. The van der Waals surface area contributed by atoms with Gasteiger partial charge in [-0.3, -0.25) is 14.5 Å². The predicted octanol–water partition coefficient (Wildman–Crippen LogP) is 2.96. The molecular weight excluding hydrogens is 356 g/mol. The van der Waals surface area contributed by atoms with Crippen molar-refractivity contribution in [3.8, 4) is 0 Å². The standard InChI is InChI=1S/C18H22N2O3S2/c21-15(17-4-2-12-25-17)5-6-18(22)19-13-14(16-3-1-11-24-16)20-7-9-23-10-8-20/h1-4,11-12,14H,5-10,13H2,(H,19,22)/t14-/m0/s1. The van der Waals surface area contributed by atoms with Gasteiger partial charge < -0.3 is 10.1 Å². The monoisotopic (exact) mass is 378 g/mol. The lowest BCUT2D eigenvalue weighted by molar-refractivity contribution is -0.121. The molecule has 25 heavy (non-hydrogen) atoms. The van der Waals surface area contributed by atoms with Gasteiger partial charge in [0.25, 0.3) is 0 Å². The van der Waals surface area contributed by atoms with Crippen molar-refractivity contribution in [3.63, 3.8) is 0 Å². The van der Waals surface area contributed by atoms with Gasteiger partial charge in [-0.05, 0) is 22.9 Å². The highest BCUT2D eigenvalue weighted by Crippen LogP contribution is 2.25. The number of nitrogens with one attached hydrogen (secondary N) is 1. The quantitative estimate of drug-likeness (QED) is 0.718. The first-order chi connectivity index (χ1) is 12.2. The summed E-state index contributed by atoms with van der Waals surface area (Å²) < 4.78 is 5.43. The molecule has 1 saturated heterocycles. The van der Waals surface area contributed by atoms with E-state index in [4.69, 9.17) is 4.74 Å². The van der Waals surface area contributed by atoms with Crippen LogP contribution in [0.3, 0.4) is 0 Å². The van der Waals surface area contributed by atoms with E-state index in [9.17, 15) is 9.59 Å². The number of ether oxygens (including phenoxy) is 1. The van der Waals surface area contributed by atoms with E-state index in [-0.39, 0.29) is 30.6 Å². The average molecular weight is 379 g/mol. The highest BCUT2D eigenvalue weighted by Gasteiger charge is 2.24. The zero-order chi connectivity index (χ0) is 17.5. The molecule has 3 heterocycles. The fourth-order valence-electron chi connectivity index (χ4n) is 2.87. The van der Waals surface area contributed by atoms with Crippen molar-refractivity contribution >= 4 is 34.4 Å². The molecule has 1 aliphatic rings. The normalized spacial score (nSPS) is 16.5. The van der Waals surface area contributed by atoms with Gasteiger partial charge in [-0.15, -0.1) is 22.7 Å². The van der Waals surface area contributed by atoms with Crippen LogP contribution in [-0.4, -0.2) is 49.4 Å². The van der Waals surface area contributed by atoms with E-state index in [1.54, 1.807) is 17.4 Å². The molecule has 1 fully saturated rings. The van der Waals surface area contributed by atoms with Gasteiger partial charge in [0, 0.05) is 37.4 Å². The van der Waals surface area contributed by atoms with Gasteiger partial charge >= 0.3 is 0 Å². The first-order valence-corrected chi connectivity index (χ1v) is 10.2. The average Bonchev–Trinajstić information content (AvgIpc) is 3.34. The van der Waals surface area contributed by atoms with Gasteiger partial charge in [0.05, 0.1) is 24.1 Å². The molecule has 0 aromatic carbocycles. The van der Waals surface area contributed by atoms with E-state index in [0.717, 1.165) is 31.2 Å². The number of amides is 1. The van der Waals surface area contributed by atoms with Crippen LogP contribution in [0.5, 0.6) is 0 Å². The number of hydrogen-bond donors (Lipinski definition) is 1. The minimum absolute atomic E-state index is 0.0353. The minimum Gasteiger partial charge on any atom is -0.379 e. The number of Topliss-reactive ketones (excluding diaryl/α,β-unsaturated/α-hetero) is 1. The van der Waals surface area contributed by atoms with Crippen molar-refractivity contribution in [2.75, 3.05) is 32.8 Å². The van der Waals surface area contributed by atoms with Crippen LogP contribution in [0.4, 0.5) is 0 Å². The lowest BCUT2D eigenvalue weighted by atomic mass is 10.1. The van der Waals surface area contributed by atoms with Crippen molar-refractivity contribution in [1.82, 2.24) is 10.2 Å². The van der Waals surface area contributed by atoms with Crippen molar-refractivity contribution in [2.45, 2.75) is 18.9 Å². The highest BCUT2D eigenvalue weighted by molar-refractivity contribution is 7.12. The van der Waals surface area contributed by atoms with Gasteiger partial charge in [-0.1, -0.05) is 12.1 Å². The molecule has 0 unspecified atom stereocenters. The summed E-state index contributed by atoms with van der Waals surface area (Å²) in [4.78, 5) is 28.5. The smallest absolute Gasteiger partial charge is 0.220 e. The molecule has 0 spiro atoms. The molecule has 0 bridgehead atoms. The number of carbonyl (C=O) groups excluding carboxylic acids is 2. The van der Waals surface area contributed by atoms with Gasteiger partial charge in [-0.25, -0.2) is 0 Å². The Hall–Kier alpha value is -1.54. The molecule has 1 aliphatic heterocycles. The van der Waals surface area contributed by atoms with E-state index in [2.05, 4.69) is 21.7 Å². The van der Waals surface area contributed by atoms with Crippen molar-refractivity contribution in [2.24, 2.45) is 0 Å². The fraction of sp³-hybridized carbons (Fsp3) is 0.444. The number of carbonyl (C=O) groups is 2. The molecule has 1 atom stereocenters. The van der Waals surface area contributed by atoms with Crippen molar-refractivity contribution in [1.29, 1.82) is 0 Å². The topological polar surface area (TPSA) is 58.6 Å². The number of rotatable bonds is 8. The Morgan fingerprint density at radius 2 is 1.88 bits per heavy atom. The Morgan fingerprint density at radius 1 is 1.12 bits per heavy atom. The van der Waals surface area contributed by atoms with Gasteiger partial charge in [0.15, 0.2) is 5.78 Å². The van der Waals surface area contributed by atoms with Crippen LogP contribution in [0.25, 0.3) is 0 Å². The maximum Gasteiger partial charge on any atom is 0.220 e. The molecule has 1 amide bonds. The summed E-state index contributed by atoms with van der Waals surface area (Å²) in [5, 5.41) is 6.94. The van der Waals surface area contributed by atoms with E-state index < -0.39 is 0 Å². The van der Waals surface area contributed by atoms with Crippen molar-refractivity contribution < 1.29 is 14.3 Å². The van der Waals surface area contributed by atoms with E-state index in [1.165, 1.54) is 16.2 Å². The molecule has 5 nitrogen and oxygen atoms in total. The number of morpholine rings is 1. The van der Waals surface area contributed by atoms with Gasteiger partial charge in [-0.2, -0.15) is 0 Å². The van der Waals surface area contributed by atoms with Crippen LogP contribution in [0, 0.1) is 0 Å². The van der Waals surface area contributed by atoms with Crippen LogP contribution >= 0.6 is 22.7 Å². The summed E-state index contributed by atoms with van der Waals surface area (Å²) in [6.07, 6.45) is 0.491. The summed E-state index contributed by atoms with van der Waals surface area (Å²) in [6, 6.07) is 7.97. The number of hydrogen-bond acceptors (Lipinski definition) is 6. The zero-order valence-electron chi connectivity index (χ0n) is 14.0. The Labute approximate surface area is 155 Å². The number of thiophene rings is 2. The lowest BCUT2D eigenvalue weighted by Crippen LogP contribution is -2.43. The highest BCUT2D eigenvalue weighted by atomic mass is 32.1. The molecule has 1 N–H and O–H groups in total. The molecule has 2 aromatic heterocycles. The molecule has 0 radical (unpaired) electrons. The summed E-state index contributed by atoms with van der Waals surface area (Å²) in [5.74, 6) is -0.0344. The Kier molecular flexibility index (Phi) is 6.75. The molecule has 2 aromatic rings. The third kappa shape index (κ3) is 5.22. The minimum atomic E-state index is -0.0697. The summed E-state index contributed by atoms with van der Waals surface area (Å²) >= 11 is 3.13. The third-order valence-electron chi connectivity index (χ3n) is 4.23. The van der Waals surface area contributed by atoms with Crippen LogP contribution in [-0.2, 0) is 9.53 Å². The Balaban J connectivity index is 1.50. The van der Waals surface area contributed by atoms with E-state index >= 15 is 0 Å². The molecule has 3 rings (SSSR count). The Bertz CT molecular complexity index is 665. The second-order valence-corrected chi connectivity index (χ2v) is 7.81. The molecule has 0 aliphatic carbocycles. The predicted molar refractivity (Wildman–Crippen MR) is 100 cm³/mol. The third-order valence-corrected chi connectivity index (χ3v) is 6.11. The Morgan fingerprint density at radius 3 is 2.56 bits per heavy atom. The first-order valence-electron chi connectivity index (χ1n) is 8.42. The van der Waals surface area contributed by atoms with Gasteiger partial charge in [0.2, 0.25) is 5.91 Å². The molecule has 7 heteroatoms. The van der Waals surface area contributed by atoms with Crippen LogP contribution in [0.15, 0.2) is 35.0 Å². The summed E-state index contributed by atoms with van der Waals surface area (Å²) in [5.41, 5.74) is 0. The fourth-order valence-corrected chi connectivity index (χ4v) is 4.42. The molecular formula is C18H22N2O3S2. The number of ketones is 1. The van der Waals surface area contributed by atoms with Crippen molar-refractivity contribution in [3.05, 3.63) is 44.8 Å². The molecule has 0 saturated carbocycles. The molecule has 134 valence electrons. The zero-order valence-corrected chi connectivity index (χ0v) is 15.6. The maximum absolute atomic E-state index is 12.2. The van der Waals surface area contributed by atoms with Crippen LogP contribution < -0.4 is 5.32 Å². The second kappa shape index (κ2) is 9.24. The number of nitrogens with zero attached hydrogens (tertiary/aromatic N) is 1.